The summed E-state index contributed by atoms with van der Waals surface area (Å²) in [7, 11) is 0. The molecule has 1 saturated heterocycles. The predicted molar refractivity (Wildman–Crippen MR) is 122 cm³/mol. The van der Waals surface area contributed by atoms with Crippen molar-refractivity contribution in [2.75, 3.05) is 45.0 Å². The number of hydrogen-bond acceptors (Lipinski definition) is 4. The molecule has 1 N–H and O–H groups in total. The highest BCUT2D eigenvalue weighted by atomic mass is 32.2. The van der Waals surface area contributed by atoms with Gasteiger partial charge in [0.1, 0.15) is 0 Å². The molecule has 0 unspecified atom stereocenters. The molecule has 0 radical (unpaired) electrons. The van der Waals surface area contributed by atoms with Crippen molar-refractivity contribution in [3.8, 4) is 0 Å². The minimum atomic E-state index is 0.130. The Labute approximate surface area is 179 Å². The van der Waals surface area contributed by atoms with Gasteiger partial charge < -0.3 is 10.2 Å². The molecule has 2 aromatic carbocycles. The highest BCUT2D eigenvalue weighted by Crippen LogP contribution is 2.17. The third-order valence-electron chi connectivity index (χ3n) is 5.33. The zero-order chi connectivity index (χ0) is 20.3. The van der Waals surface area contributed by atoms with Crippen LogP contribution in [0, 0.1) is 6.92 Å². The molecule has 0 spiro atoms. The summed E-state index contributed by atoms with van der Waals surface area (Å²) in [5, 5.41) is 3.05. The molecule has 0 bridgehead atoms. The molecule has 0 saturated carbocycles. The topological polar surface area (TPSA) is 35.6 Å². The summed E-state index contributed by atoms with van der Waals surface area (Å²) in [6, 6.07) is 19.0. The summed E-state index contributed by atoms with van der Waals surface area (Å²) in [6.07, 6.45) is 2.19. The van der Waals surface area contributed by atoms with Crippen LogP contribution in [0.25, 0.3) is 0 Å². The molecule has 0 atom stereocenters. The quantitative estimate of drug-likeness (QED) is 0.476. The Balaban J connectivity index is 1.20. The first-order valence-electron chi connectivity index (χ1n) is 10.6. The van der Waals surface area contributed by atoms with Crippen LogP contribution >= 0.6 is 11.8 Å². The van der Waals surface area contributed by atoms with Crippen LogP contribution in [-0.4, -0.2) is 60.7 Å². The van der Waals surface area contributed by atoms with E-state index >= 15 is 0 Å². The molecule has 5 heteroatoms. The molecule has 0 aliphatic carbocycles. The number of hydrogen-bond donors (Lipinski definition) is 1. The van der Waals surface area contributed by atoms with Gasteiger partial charge in [0.15, 0.2) is 0 Å². The molecule has 1 amide bonds. The molecule has 1 aliphatic heterocycles. The maximum atomic E-state index is 12.0. The van der Waals surface area contributed by atoms with Gasteiger partial charge in [-0.3, -0.25) is 9.69 Å². The van der Waals surface area contributed by atoms with Gasteiger partial charge >= 0.3 is 0 Å². The second kappa shape index (κ2) is 12.0. The fraction of sp³-hybridized carbons (Fsp3) is 0.458. The molecule has 4 nitrogen and oxygen atoms in total. The van der Waals surface area contributed by atoms with E-state index in [0.29, 0.717) is 5.75 Å². The molecular formula is C24H33N3OS. The number of nitrogens with zero attached hydrogens (tertiary/aromatic N) is 2. The van der Waals surface area contributed by atoms with Gasteiger partial charge in [0.25, 0.3) is 0 Å². The van der Waals surface area contributed by atoms with Crippen molar-refractivity contribution < 1.29 is 4.79 Å². The lowest BCUT2D eigenvalue weighted by atomic mass is 10.2. The number of nitrogens with one attached hydrogen (secondary N) is 1. The SMILES string of the molecule is Cc1ccc(SCC(=O)NCCCCN2CCN(Cc3ccccc3)CC2)cc1. The van der Waals surface area contributed by atoms with Crippen molar-refractivity contribution >= 4 is 17.7 Å². The molecule has 1 fully saturated rings. The summed E-state index contributed by atoms with van der Waals surface area (Å²) in [6.45, 7) is 9.62. The van der Waals surface area contributed by atoms with Crippen LogP contribution in [0.3, 0.4) is 0 Å². The van der Waals surface area contributed by atoms with Crippen LogP contribution in [0.4, 0.5) is 0 Å². The van der Waals surface area contributed by atoms with Gasteiger partial charge in [-0.15, -0.1) is 11.8 Å². The van der Waals surface area contributed by atoms with Crippen LogP contribution in [0.5, 0.6) is 0 Å². The van der Waals surface area contributed by atoms with E-state index in [2.05, 4.69) is 76.6 Å². The second-order valence-electron chi connectivity index (χ2n) is 7.76. The Morgan fingerprint density at radius 2 is 1.62 bits per heavy atom. The Hall–Kier alpha value is -1.82. The molecule has 1 heterocycles. The fourth-order valence-corrected chi connectivity index (χ4v) is 4.26. The third kappa shape index (κ3) is 8.21. The van der Waals surface area contributed by atoms with Gasteiger partial charge in [0.05, 0.1) is 5.75 Å². The normalized spacial score (nSPS) is 15.3. The van der Waals surface area contributed by atoms with Crippen LogP contribution in [-0.2, 0) is 11.3 Å². The summed E-state index contributed by atoms with van der Waals surface area (Å²) in [5.41, 5.74) is 2.65. The van der Waals surface area contributed by atoms with E-state index in [4.69, 9.17) is 0 Å². The highest BCUT2D eigenvalue weighted by Gasteiger charge is 2.16. The summed E-state index contributed by atoms with van der Waals surface area (Å²) >= 11 is 1.60. The van der Waals surface area contributed by atoms with Gasteiger partial charge in [-0.1, -0.05) is 48.0 Å². The number of carbonyl (C=O) groups is 1. The first kappa shape index (κ1) is 21.9. The van der Waals surface area contributed by atoms with Crippen molar-refractivity contribution in [2.24, 2.45) is 0 Å². The largest absolute Gasteiger partial charge is 0.355 e. The summed E-state index contributed by atoms with van der Waals surface area (Å²) in [4.78, 5) is 18.2. The molecule has 3 rings (SSSR count). The first-order valence-corrected chi connectivity index (χ1v) is 11.6. The van der Waals surface area contributed by atoms with Crippen molar-refractivity contribution in [1.82, 2.24) is 15.1 Å². The predicted octanol–water partition coefficient (Wildman–Crippen LogP) is 3.80. The van der Waals surface area contributed by atoms with E-state index in [-0.39, 0.29) is 5.91 Å². The zero-order valence-electron chi connectivity index (χ0n) is 17.5. The molecule has 29 heavy (non-hydrogen) atoms. The van der Waals surface area contributed by atoms with E-state index in [9.17, 15) is 4.79 Å². The number of carbonyl (C=O) groups excluding carboxylic acids is 1. The lowest BCUT2D eigenvalue weighted by Crippen LogP contribution is -2.46. The standard InChI is InChI=1S/C24H33N3OS/c1-21-9-11-23(12-10-21)29-20-24(28)25-13-5-6-14-26-15-17-27(18-16-26)19-22-7-3-2-4-8-22/h2-4,7-12H,5-6,13-20H2,1H3,(H,25,28). The number of unbranched alkanes of at least 4 members (excludes halogenated alkanes) is 1. The van der Waals surface area contributed by atoms with Crippen LogP contribution < -0.4 is 5.32 Å². The van der Waals surface area contributed by atoms with E-state index in [1.54, 1.807) is 11.8 Å². The van der Waals surface area contributed by atoms with Crippen molar-refractivity contribution in [3.05, 3.63) is 65.7 Å². The van der Waals surface area contributed by atoms with Gasteiger partial charge in [0.2, 0.25) is 5.91 Å². The number of amides is 1. The van der Waals surface area contributed by atoms with Gasteiger partial charge in [-0.25, -0.2) is 0 Å². The van der Waals surface area contributed by atoms with E-state index < -0.39 is 0 Å². The maximum Gasteiger partial charge on any atom is 0.230 e. The number of aryl methyl sites for hydroxylation is 1. The van der Waals surface area contributed by atoms with Crippen LogP contribution in [0.2, 0.25) is 0 Å². The van der Waals surface area contributed by atoms with E-state index in [1.807, 2.05) is 0 Å². The molecule has 2 aromatic rings. The van der Waals surface area contributed by atoms with Gasteiger partial charge in [0, 0.05) is 44.2 Å². The van der Waals surface area contributed by atoms with Crippen molar-refractivity contribution in [3.63, 3.8) is 0 Å². The van der Waals surface area contributed by atoms with Gasteiger partial charge in [-0.2, -0.15) is 0 Å². The summed E-state index contributed by atoms with van der Waals surface area (Å²) in [5.74, 6) is 0.622. The second-order valence-corrected chi connectivity index (χ2v) is 8.81. The Morgan fingerprint density at radius 1 is 0.931 bits per heavy atom. The van der Waals surface area contributed by atoms with Crippen molar-refractivity contribution in [2.45, 2.75) is 31.2 Å². The minimum Gasteiger partial charge on any atom is -0.355 e. The van der Waals surface area contributed by atoms with Crippen molar-refractivity contribution in [1.29, 1.82) is 0 Å². The monoisotopic (exact) mass is 411 g/mol. The number of piperazine rings is 1. The Kier molecular flexibility index (Phi) is 9.06. The fourth-order valence-electron chi connectivity index (χ4n) is 3.54. The summed E-state index contributed by atoms with van der Waals surface area (Å²) < 4.78 is 0. The number of rotatable bonds is 10. The van der Waals surface area contributed by atoms with E-state index in [0.717, 1.165) is 63.6 Å². The molecule has 156 valence electrons. The Morgan fingerprint density at radius 3 is 2.34 bits per heavy atom. The maximum absolute atomic E-state index is 12.0. The number of benzene rings is 2. The molecule has 1 aliphatic rings. The lowest BCUT2D eigenvalue weighted by Gasteiger charge is -2.34. The first-order chi connectivity index (χ1) is 14.2. The zero-order valence-corrected chi connectivity index (χ0v) is 18.3. The van der Waals surface area contributed by atoms with E-state index in [1.165, 1.54) is 11.1 Å². The highest BCUT2D eigenvalue weighted by molar-refractivity contribution is 8.00. The Bertz CT molecular complexity index is 728. The average molecular weight is 412 g/mol. The smallest absolute Gasteiger partial charge is 0.230 e. The molecular weight excluding hydrogens is 378 g/mol. The third-order valence-corrected chi connectivity index (χ3v) is 6.34. The lowest BCUT2D eigenvalue weighted by molar-refractivity contribution is -0.118. The number of thioether (sulfide) groups is 1. The minimum absolute atomic E-state index is 0.130. The molecule has 0 aromatic heterocycles. The van der Waals surface area contributed by atoms with Crippen LogP contribution in [0.1, 0.15) is 24.0 Å². The van der Waals surface area contributed by atoms with Crippen LogP contribution in [0.15, 0.2) is 59.5 Å². The average Bonchev–Trinajstić information content (AvgIpc) is 2.75. The van der Waals surface area contributed by atoms with Gasteiger partial charge in [-0.05, 0) is 44.0 Å².